The molecule has 0 fully saturated rings. The van der Waals surface area contributed by atoms with Gasteiger partial charge in [-0.2, -0.15) is 13.2 Å². The molecular formula is C11H8F3N3O. The highest BCUT2D eigenvalue weighted by atomic mass is 19.4. The summed E-state index contributed by atoms with van der Waals surface area (Å²) in [6.45, 7) is 0. The number of carbonyl (C=O) groups is 1. The third-order valence-electron chi connectivity index (χ3n) is 2.24. The Hall–Kier alpha value is -2.18. The first-order chi connectivity index (χ1) is 8.47. The number of alkyl halides is 3. The average Bonchev–Trinajstić information content (AvgIpc) is 2.76. The van der Waals surface area contributed by atoms with Crippen LogP contribution in [0.15, 0.2) is 30.7 Å². The van der Waals surface area contributed by atoms with Crippen LogP contribution < -0.4 is 0 Å². The van der Waals surface area contributed by atoms with Gasteiger partial charge in [0.15, 0.2) is 5.82 Å². The fourth-order valence-electron chi connectivity index (χ4n) is 1.42. The number of rotatable bonds is 3. The van der Waals surface area contributed by atoms with E-state index in [1.807, 2.05) is 0 Å². The second-order valence-electron chi connectivity index (χ2n) is 3.62. The molecule has 18 heavy (non-hydrogen) atoms. The summed E-state index contributed by atoms with van der Waals surface area (Å²) >= 11 is 0. The normalized spacial score (nSPS) is 11.5. The fraction of sp³-hybridized carbons (Fsp3) is 0.182. The van der Waals surface area contributed by atoms with Crippen molar-refractivity contribution in [3.8, 4) is 0 Å². The number of pyridine rings is 1. The van der Waals surface area contributed by atoms with E-state index in [9.17, 15) is 18.0 Å². The van der Waals surface area contributed by atoms with E-state index < -0.39 is 17.8 Å². The van der Waals surface area contributed by atoms with Crippen molar-refractivity contribution in [2.45, 2.75) is 12.6 Å². The lowest BCUT2D eigenvalue weighted by Crippen LogP contribution is -2.23. The monoisotopic (exact) mass is 255 g/mol. The van der Waals surface area contributed by atoms with Crippen LogP contribution in [-0.4, -0.2) is 26.9 Å². The molecule has 4 nitrogen and oxygen atoms in total. The van der Waals surface area contributed by atoms with Gasteiger partial charge in [0.1, 0.15) is 0 Å². The third kappa shape index (κ3) is 2.73. The quantitative estimate of drug-likeness (QED) is 0.855. The summed E-state index contributed by atoms with van der Waals surface area (Å²) < 4.78 is 36.5. The van der Waals surface area contributed by atoms with Crippen molar-refractivity contribution in [2.75, 3.05) is 0 Å². The second kappa shape index (κ2) is 4.59. The van der Waals surface area contributed by atoms with E-state index in [2.05, 4.69) is 15.0 Å². The van der Waals surface area contributed by atoms with E-state index in [-0.39, 0.29) is 0 Å². The van der Waals surface area contributed by atoms with Gasteiger partial charge in [-0.05, 0) is 17.7 Å². The van der Waals surface area contributed by atoms with E-state index in [1.54, 1.807) is 24.5 Å². The van der Waals surface area contributed by atoms with Crippen molar-refractivity contribution in [1.29, 1.82) is 0 Å². The predicted molar refractivity (Wildman–Crippen MR) is 56.0 cm³/mol. The molecule has 0 atom stereocenters. The van der Waals surface area contributed by atoms with E-state index in [4.69, 9.17) is 0 Å². The largest absolute Gasteiger partial charge is 0.458 e. The molecule has 0 bridgehead atoms. The molecule has 0 unspecified atom stereocenters. The van der Waals surface area contributed by atoms with Crippen LogP contribution in [0.25, 0.3) is 0 Å². The average molecular weight is 255 g/mol. The van der Waals surface area contributed by atoms with Gasteiger partial charge in [0.2, 0.25) is 0 Å². The first-order valence-corrected chi connectivity index (χ1v) is 5.01. The molecule has 0 saturated carbocycles. The highest BCUT2D eigenvalue weighted by molar-refractivity contribution is 5.97. The molecule has 0 radical (unpaired) electrons. The Morgan fingerprint density at radius 2 is 1.94 bits per heavy atom. The summed E-state index contributed by atoms with van der Waals surface area (Å²) in [5.41, 5.74) is 1.30. The van der Waals surface area contributed by atoms with Crippen molar-refractivity contribution in [3.63, 3.8) is 0 Å². The molecule has 0 aliphatic heterocycles. The minimum Gasteiger partial charge on any atom is -0.339 e. The summed E-state index contributed by atoms with van der Waals surface area (Å²) in [7, 11) is 0. The summed E-state index contributed by atoms with van der Waals surface area (Å²) in [6.07, 6.45) is -0.174. The number of hydrogen-bond acceptors (Lipinski definition) is 3. The number of carbonyl (C=O) groups excluding carboxylic acids is 1. The van der Waals surface area contributed by atoms with Crippen LogP contribution in [0.4, 0.5) is 13.2 Å². The Labute approximate surface area is 99.9 Å². The predicted octanol–water partition coefficient (Wildman–Crippen LogP) is 2.14. The Kier molecular flexibility index (Phi) is 3.14. The molecule has 2 rings (SSSR count). The van der Waals surface area contributed by atoms with Crippen LogP contribution in [-0.2, 0) is 6.42 Å². The molecule has 2 aromatic rings. The highest BCUT2D eigenvalue weighted by Crippen LogP contribution is 2.20. The van der Waals surface area contributed by atoms with Gasteiger partial charge in [0.25, 0.3) is 0 Å². The van der Waals surface area contributed by atoms with Crippen molar-refractivity contribution >= 4 is 5.78 Å². The molecule has 7 heteroatoms. The first-order valence-electron chi connectivity index (χ1n) is 5.01. The number of imidazole rings is 1. The standard InChI is InChI=1S/C11H8F3N3O/c12-11(13,14)9(18)10-16-6-8(17-10)5-7-1-3-15-4-2-7/h1-4,6H,5H2,(H,16,17). The van der Waals surface area contributed by atoms with Gasteiger partial charge in [-0.25, -0.2) is 4.98 Å². The van der Waals surface area contributed by atoms with Crippen LogP contribution in [0.1, 0.15) is 21.9 Å². The zero-order valence-electron chi connectivity index (χ0n) is 9.03. The second-order valence-corrected chi connectivity index (χ2v) is 3.62. The van der Waals surface area contributed by atoms with Crippen LogP contribution in [0.2, 0.25) is 0 Å². The maximum absolute atomic E-state index is 12.2. The molecule has 94 valence electrons. The van der Waals surface area contributed by atoms with Gasteiger partial charge in [0.05, 0.1) is 0 Å². The zero-order valence-corrected chi connectivity index (χ0v) is 9.03. The number of hydrogen-bond donors (Lipinski definition) is 1. The Morgan fingerprint density at radius 1 is 1.28 bits per heavy atom. The fourth-order valence-corrected chi connectivity index (χ4v) is 1.42. The molecule has 2 heterocycles. The topological polar surface area (TPSA) is 58.6 Å². The minimum atomic E-state index is -4.91. The smallest absolute Gasteiger partial charge is 0.339 e. The van der Waals surface area contributed by atoms with Crippen LogP contribution >= 0.6 is 0 Å². The molecule has 0 aliphatic carbocycles. The Morgan fingerprint density at radius 3 is 2.56 bits per heavy atom. The van der Waals surface area contributed by atoms with Gasteiger partial charge < -0.3 is 4.98 Å². The molecule has 0 amide bonds. The lowest BCUT2D eigenvalue weighted by Gasteiger charge is -2.01. The number of Topliss-reactive ketones (excluding diaryl/α,β-unsaturated/α-hetero) is 1. The van der Waals surface area contributed by atoms with Crippen molar-refractivity contribution in [2.24, 2.45) is 0 Å². The van der Waals surface area contributed by atoms with Crippen LogP contribution in [0.3, 0.4) is 0 Å². The lowest BCUT2D eigenvalue weighted by molar-refractivity contribution is -0.0891. The molecule has 1 N–H and O–H groups in total. The zero-order chi connectivity index (χ0) is 13.2. The third-order valence-corrected chi connectivity index (χ3v) is 2.24. The molecule has 0 spiro atoms. The summed E-state index contributed by atoms with van der Waals surface area (Å²) in [5.74, 6) is -2.66. The van der Waals surface area contributed by atoms with E-state index >= 15 is 0 Å². The number of ketones is 1. The summed E-state index contributed by atoms with van der Waals surface area (Å²) in [4.78, 5) is 20.5. The number of nitrogens with one attached hydrogen (secondary N) is 1. The number of aromatic amines is 1. The minimum absolute atomic E-state index is 0.362. The van der Waals surface area contributed by atoms with Gasteiger partial charge in [-0.1, -0.05) is 0 Å². The van der Waals surface area contributed by atoms with Gasteiger partial charge in [-0.3, -0.25) is 9.78 Å². The van der Waals surface area contributed by atoms with E-state index in [0.717, 1.165) is 5.56 Å². The summed E-state index contributed by atoms with van der Waals surface area (Å²) in [5, 5.41) is 0. The lowest BCUT2D eigenvalue weighted by atomic mass is 10.2. The number of aromatic nitrogens is 3. The molecule has 0 aromatic carbocycles. The summed E-state index contributed by atoms with van der Waals surface area (Å²) in [6, 6.07) is 3.46. The molecule has 0 saturated heterocycles. The Balaban J connectivity index is 2.14. The molecule has 0 aliphatic rings. The maximum Gasteiger partial charge on any atom is 0.458 e. The van der Waals surface area contributed by atoms with Crippen molar-refractivity contribution in [3.05, 3.63) is 47.8 Å². The first kappa shape index (κ1) is 12.3. The van der Waals surface area contributed by atoms with E-state index in [1.165, 1.54) is 6.20 Å². The number of halogens is 3. The highest BCUT2D eigenvalue weighted by Gasteiger charge is 2.41. The maximum atomic E-state index is 12.2. The van der Waals surface area contributed by atoms with Gasteiger partial charge >= 0.3 is 12.0 Å². The molecular weight excluding hydrogens is 247 g/mol. The SMILES string of the molecule is O=C(c1ncc(Cc2ccncc2)[nH]1)C(F)(F)F. The number of nitrogens with zero attached hydrogens (tertiary/aromatic N) is 2. The van der Waals surface area contributed by atoms with Gasteiger partial charge in [0, 0.05) is 30.7 Å². The van der Waals surface area contributed by atoms with Crippen molar-refractivity contribution in [1.82, 2.24) is 15.0 Å². The van der Waals surface area contributed by atoms with Gasteiger partial charge in [-0.15, -0.1) is 0 Å². The molecule has 2 aromatic heterocycles. The van der Waals surface area contributed by atoms with Crippen molar-refractivity contribution < 1.29 is 18.0 Å². The van der Waals surface area contributed by atoms with E-state index in [0.29, 0.717) is 12.1 Å². The van der Waals surface area contributed by atoms with Crippen LogP contribution in [0, 0.1) is 0 Å². The Bertz CT molecular complexity index is 548. The van der Waals surface area contributed by atoms with Crippen LogP contribution in [0.5, 0.6) is 0 Å². The number of H-pyrrole nitrogens is 1.